The van der Waals surface area contributed by atoms with Crippen LogP contribution in [-0.2, 0) is 16.0 Å². The summed E-state index contributed by atoms with van der Waals surface area (Å²) in [6.45, 7) is 4.83. The number of unbranched alkanes of at least 4 members (excludes halogenated alkanes) is 1. The summed E-state index contributed by atoms with van der Waals surface area (Å²) in [4.78, 5) is 0. The fraction of sp³-hybridized carbons (Fsp3) is 0.611. The van der Waals surface area contributed by atoms with E-state index in [-0.39, 0.29) is 0 Å². The summed E-state index contributed by atoms with van der Waals surface area (Å²) in [7, 11) is 0. The maximum Gasteiger partial charge on any atom is 0.256 e. The minimum atomic E-state index is -1.33. The van der Waals surface area contributed by atoms with Crippen LogP contribution in [0, 0.1) is 0 Å². The summed E-state index contributed by atoms with van der Waals surface area (Å²) >= 11 is 5.10. The predicted molar refractivity (Wildman–Crippen MR) is 99.7 cm³/mol. The van der Waals surface area contributed by atoms with Gasteiger partial charge in [-0.05, 0) is 43.3 Å². The second-order valence-corrected chi connectivity index (χ2v) is 6.66. The van der Waals surface area contributed by atoms with Gasteiger partial charge in [0.05, 0.1) is 12.7 Å². The van der Waals surface area contributed by atoms with Crippen LogP contribution in [0.2, 0.25) is 0 Å². The molecule has 1 aromatic rings. The zero-order valence-electron chi connectivity index (χ0n) is 15.0. The second-order valence-electron chi connectivity index (χ2n) is 6.29. The quantitative estimate of drug-likeness (QED) is 0.409. The maximum absolute atomic E-state index is 9.98. The number of rotatable bonds is 7. The van der Waals surface area contributed by atoms with Gasteiger partial charge in [0.2, 0.25) is 6.29 Å². The number of aliphatic hydroxyl groups is 3. The average molecular weight is 385 g/mol. The molecule has 1 aromatic carbocycles. The lowest BCUT2D eigenvalue weighted by Gasteiger charge is -2.38. The highest BCUT2D eigenvalue weighted by Crippen LogP contribution is 2.24. The minimum absolute atomic E-state index is 0.374. The lowest BCUT2D eigenvalue weighted by Crippen LogP contribution is -2.58. The zero-order valence-corrected chi connectivity index (χ0v) is 15.8. The molecule has 1 heterocycles. The number of hydrogen-bond acceptors (Lipinski definition) is 7. The third-order valence-corrected chi connectivity index (χ3v) is 4.41. The van der Waals surface area contributed by atoms with Crippen molar-refractivity contribution in [1.82, 2.24) is 5.32 Å². The van der Waals surface area contributed by atoms with E-state index in [1.807, 2.05) is 12.1 Å². The molecule has 0 saturated carbocycles. The zero-order chi connectivity index (χ0) is 19.1. The van der Waals surface area contributed by atoms with Crippen LogP contribution in [0.25, 0.3) is 0 Å². The van der Waals surface area contributed by atoms with Crippen molar-refractivity contribution in [3.63, 3.8) is 0 Å². The smallest absolute Gasteiger partial charge is 0.256 e. The Balaban J connectivity index is 1.83. The minimum Gasteiger partial charge on any atom is -0.471 e. The third kappa shape index (κ3) is 5.78. The van der Waals surface area contributed by atoms with Crippen LogP contribution in [-0.4, -0.2) is 57.8 Å². The van der Waals surface area contributed by atoms with Gasteiger partial charge in [0.25, 0.3) is 5.17 Å². The molecule has 4 N–H and O–H groups in total. The van der Waals surface area contributed by atoms with Crippen molar-refractivity contribution in [1.29, 1.82) is 0 Å². The van der Waals surface area contributed by atoms with E-state index in [0.29, 0.717) is 24.1 Å². The number of hydrogen-bond donors (Lipinski definition) is 4. The number of benzene rings is 1. The summed E-state index contributed by atoms with van der Waals surface area (Å²) < 4.78 is 16.4. The van der Waals surface area contributed by atoms with E-state index in [2.05, 4.69) is 12.2 Å². The molecule has 2 rings (SSSR count). The standard InChI is InChI=1S/C18H27NO6S/c1-3-4-9-23-18(26)19-10-12-5-7-13(8-6-12)25-17-16(22)15(21)14(20)11(2)24-17/h5-8,11,14-17,20-22H,3-4,9-10H2,1-2H3,(H,19,26). The Labute approximate surface area is 158 Å². The van der Waals surface area contributed by atoms with Gasteiger partial charge in [-0.3, -0.25) is 0 Å². The Morgan fingerprint density at radius 3 is 2.50 bits per heavy atom. The Bertz CT molecular complexity index is 569. The number of thiocarbonyl (C=S) groups is 1. The van der Waals surface area contributed by atoms with Gasteiger partial charge in [0.15, 0.2) is 0 Å². The highest BCUT2D eigenvalue weighted by Gasteiger charge is 2.43. The molecule has 5 unspecified atom stereocenters. The van der Waals surface area contributed by atoms with E-state index in [0.717, 1.165) is 18.4 Å². The van der Waals surface area contributed by atoms with Gasteiger partial charge in [-0.25, -0.2) is 0 Å². The molecule has 0 amide bonds. The summed E-state index contributed by atoms with van der Waals surface area (Å²) in [5, 5.41) is 32.9. The van der Waals surface area contributed by atoms with Crippen molar-refractivity contribution in [2.45, 2.75) is 63.9 Å². The fourth-order valence-electron chi connectivity index (χ4n) is 2.47. The van der Waals surface area contributed by atoms with Crippen molar-refractivity contribution in [2.75, 3.05) is 6.61 Å². The molecule has 8 heteroatoms. The van der Waals surface area contributed by atoms with Crippen LogP contribution >= 0.6 is 12.2 Å². The van der Waals surface area contributed by atoms with Crippen molar-refractivity contribution in [3.8, 4) is 5.75 Å². The van der Waals surface area contributed by atoms with Gasteiger partial charge in [-0.1, -0.05) is 25.5 Å². The van der Waals surface area contributed by atoms with Gasteiger partial charge in [-0.15, -0.1) is 0 Å². The van der Waals surface area contributed by atoms with Gasteiger partial charge in [-0.2, -0.15) is 0 Å². The van der Waals surface area contributed by atoms with E-state index in [1.165, 1.54) is 0 Å². The predicted octanol–water partition coefficient (Wildman–Crippen LogP) is 1.08. The van der Waals surface area contributed by atoms with Crippen molar-refractivity contribution >= 4 is 17.4 Å². The number of ether oxygens (including phenoxy) is 3. The first-order chi connectivity index (χ1) is 12.4. The van der Waals surface area contributed by atoms with E-state index in [4.69, 9.17) is 26.4 Å². The Morgan fingerprint density at radius 1 is 1.15 bits per heavy atom. The molecule has 146 valence electrons. The Morgan fingerprint density at radius 2 is 1.85 bits per heavy atom. The van der Waals surface area contributed by atoms with Crippen molar-refractivity contribution < 1.29 is 29.5 Å². The molecule has 5 atom stereocenters. The normalized spacial score (nSPS) is 28.4. The monoisotopic (exact) mass is 385 g/mol. The molecule has 1 fully saturated rings. The van der Waals surface area contributed by atoms with E-state index in [9.17, 15) is 15.3 Å². The lowest BCUT2D eigenvalue weighted by molar-refractivity contribution is -0.268. The van der Waals surface area contributed by atoms with Gasteiger partial charge < -0.3 is 34.8 Å². The molecule has 0 spiro atoms. The summed E-state index contributed by atoms with van der Waals surface area (Å²) in [5.74, 6) is 0.482. The molecule has 0 aromatic heterocycles. The molecular weight excluding hydrogens is 358 g/mol. The van der Waals surface area contributed by atoms with Crippen LogP contribution in [0.4, 0.5) is 0 Å². The average Bonchev–Trinajstić information content (AvgIpc) is 2.64. The molecular formula is C18H27NO6S. The molecule has 0 radical (unpaired) electrons. The van der Waals surface area contributed by atoms with Crippen molar-refractivity contribution in [2.24, 2.45) is 0 Å². The summed E-state index contributed by atoms with van der Waals surface area (Å²) in [5.41, 5.74) is 0.979. The maximum atomic E-state index is 9.98. The van der Waals surface area contributed by atoms with Crippen LogP contribution < -0.4 is 10.1 Å². The fourth-order valence-corrected chi connectivity index (χ4v) is 2.62. The topological polar surface area (TPSA) is 100 Å². The molecule has 1 saturated heterocycles. The highest BCUT2D eigenvalue weighted by molar-refractivity contribution is 7.80. The van der Waals surface area contributed by atoms with Gasteiger partial charge in [0.1, 0.15) is 24.1 Å². The Hall–Kier alpha value is -1.45. The SMILES string of the molecule is CCCCOC(=S)NCc1ccc(OC2OC(C)C(O)C(O)C2O)cc1. The molecule has 1 aliphatic heterocycles. The molecule has 26 heavy (non-hydrogen) atoms. The van der Waals surface area contributed by atoms with E-state index < -0.39 is 30.7 Å². The first-order valence-corrected chi connectivity index (χ1v) is 9.19. The molecule has 1 aliphatic rings. The first-order valence-electron chi connectivity index (χ1n) is 8.78. The van der Waals surface area contributed by atoms with E-state index in [1.54, 1.807) is 19.1 Å². The largest absolute Gasteiger partial charge is 0.471 e. The van der Waals surface area contributed by atoms with E-state index >= 15 is 0 Å². The van der Waals surface area contributed by atoms with Gasteiger partial charge >= 0.3 is 0 Å². The Kier molecular flexibility index (Phi) is 8.05. The molecule has 0 bridgehead atoms. The molecule has 7 nitrogen and oxygen atoms in total. The van der Waals surface area contributed by atoms with Crippen molar-refractivity contribution in [3.05, 3.63) is 29.8 Å². The molecule has 0 aliphatic carbocycles. The van der Waals surface area contributed by atoms with Crippen LogP contribution in [0.1, 0.15) is 32.3 Å². The van der Waals surface area contributed by atoms with Crippen LogP contribution in [0.3, 0.4) is 0 Å². The van der Waals surface area contributed by atoms with Crippen LogP contribution in [0.15, 0.2) is 24.3 Å². The number of nitrogens with one attached hydrogen (secondary N) is 1. The lowest BCUT2D eigenvalue weighted by atomic mass is 10.00. The second kappa shape index (κ2) is 10.0. The highest BCUT2D eigenvalue weighted by atomic mass is 32.1. The van der Waals surface area contributed by atoms with Gasteiger partial charge in [0, 0.05) is 6.54 Å². The summed E-state index contributed by atoms with van der Waals surface area (Å²) in [6, 6.07) is 7.16. The van der Waals surface area contributed by atoms with Crippen LogP contribution in [0.5, 0.6) is 5.75 Å². The third-order valence-electron chi connectivity index (χ3n) is 4.15. The number of aliphatic hydroxyl groups excluding tert-OH is 3. The summed E-state index contributed by atoms with van der Waals surface area (Å²) in [6.07, 6.45) is -3.48. The first kappa shape index (κ1) is 20.9.